The number of aryl methyl sites for hydroxylation is 2. The van der Waals surface area contributed by atoms with Gasteiger partial charge in [-0.3, -0.25) is 9.00 Å². The zero-order valence-corrected chi connectivity index (χ0v) is 13.8. The maximum absolute atomic E-state index is 11.9. The van der Waals surface area contributed by atoms with Crippen molar-refractivity contribution in [2.24, 2.45) is 0 Å². The van der Waals surface area contributed by atoms with Crippen molar-refractivity contribution >= 4 is 22.5 Å². The second kappa shape index (κ2) is 5.68. The Balaban J connectivity index is 2.13. The van der Waals surface area contributed by atoms with Crippen molar-refractivity contribution in [1.82, 2.24) is 9.78 Å². The highest BCUT2D eigenvalue weighted by Crippen LogP contribution is 2.32. The minimum absolute atomic E-state index is 0.0635. The first-order valence-electron chi connectivity index (χ1n) is 7.32. The molecule has 0 fully saturated rings. The van der Waals surface area contributed by atoms with Gasteiger partial charge in [-0.05, 0) is 25.5 Å². The Bertz CT molecular complexity index is 780. The van der Waals surface area contributed by atoms with Gasteiger partial charge in [-0.2, -0.15) is 5.10 Å². The van der Waals surface area contributed by atoms with Crippen LogP contribution in [0.5, 0.6) is 0 Å². The average Bonchev–Trinajstić information content (AvgIpc) is 2.96. The molecular weight excluding hydrogens is 298 g/mol. The van der Waals surface area contributed by atoms with Crippen LogP contribution in [0.2, 0.25) is 0 Å². The minimum Gasteiger partial charge on any atom is -0.310 e. The van der Waals surface area contributed by atoms with E-state index in [9.17, 15) is 9.00 Å². The van der Waals surface area contributed by atoms with Gasteiger partial charge in [0.2, 0.25) is 5.91 Å². The summed E-state index contributed by atoms with van der Waals surface area (Å²) in [6.07, 6.45) is 0.399. The van der Waals surface area contributed by atoms with E-state index in [0.717, 1.165) is 22.5 Å². The average molecular weight is 317 g/mol. The molecule has 0 unspecified atom stereocenters. The number of nitrogens with zero attached hydrogens (tertiary/aromatic N) is 2. The fourth-order valence-corrected chi connectivity index (χ4v) is 3.96. The first-order valence-corrected chi connectivity index (χ1v) is 8.81. The molecule has 0 saturated carbocycles. The largest absolute Gasteiger partial charge is 0.310 e. The molecule has 22 heavy (non-hydrogen) atoms. The van der Waals surface area contributed by atoms with Crippen molar-refractivity contribution in [1.29, 1.82) is 0 Å². The summed E-state index contributed by atoms with van der Waals surface area (Å²) in [6, 6.07) is 6.12. The molecule has 0 radical (unpaired) electrons. The minimum atomic E-state index is -0.916. The van der Waals surface area contributed by atoms with E-state index in [2.05, 4.69) is 16.5 Å². The van der Waals surface area contributed by atoms with Gasteiger partial charge in [-0.1, -0.05) is 24.6 Å². The molecule has 0 bridgehead atoms. The Kier molecular flexibility index (Phi) is 3.87. The molecule has 2 heterocycles. The summed E-state index contributed by atoms with van der Waals surface area (Å²) < 4.78 is 13.6. The van der Waals surface area contributed by atoms with Gasteiger partial charge in [0.25, 0.3) is 0 Å². The van der Waals surface area contributed by atoms with Crippen LogP contribution >= 0.6 is 0 Å². The molecular formula is C16H19N3O2S. The normalized spacial score (nSPS) is 16.6. The maximum Gasteiger partial charge on any atom is 0.225 e. The van der Waals surface area contributed by atoms with Gasteiger partial charge in [0.15, 0.2) is 0 Å². The summed E-state index contributed by atoms with van der Waals surface area (Å²) in [4.78, 5) is 11.9. The summed E-state index contributed by atoms with van der Waals surface area (Å²) in [7, 11) is -0.916. The van der Waals surface area contributed by atoms with Gasteiger partial charge >= 0.3 is 0 Å². The zero-order chi connectivity index (χ0) is 15.9. The van der Waals surface area contributed by atoms with Gasteiger partial charge in [0.1, 0.15) is 5.82 Å². The fourth-order valence-electron chi connectivity index (χ4n) is 2.69. The molecule has 0 saturated heterocycles. The number of carbonyl (C=O) groups excluding carboxylic acids is 1. The van der Waals surface area contributed by atoms with Crippen LogP contribution in [0.25, 0.3) is 5.69 Å². The van der Waals surface area contributed by atoms with E-state index in [4.69, 9.17) is 0 Å². The topological polar surface area (TPSA) is 64.0 Å². The summed E-state index contributed by atoms with van der Waals surface area (Å²) in [6.45, 7) is 5.88. The SMILES string of the molecule is CCC(=O)Nc1c2c(nn1-c1ccc(C)cc1C)C[S@@](=O)C2. The number of aromatic nitrogens is 2. The van der Waals surface area contributed by atoms with Crippen LogP contribution in [0.4, 0.5) is 5.82 Å². The van der Waals surface area contributed by atoms with Crippen LogP contribution in [0, 0.1) is 13.8 Å². The van der Waals surface area contributed by atoms with Crippen LogP contribution in [0.15, 0.2) is 18.2 Å². The van der Waals surface area contributed by atoms with Crippen LogP contribution in [0.3, 0.4) is 0 Å². The molecule has 0 aliphatic carbocycles. The molecule has 6 heteroatoms. The van der Waals surface area contributed by atoms with Crippen LogP contribution < -0.4 is 5.32 Å². The quantitative estimate of drug-likeness (QED) is 0.946. The van der Waals surface area contributed by atoms with E-state index in [1.807, 2.05) is 32.9 Å². The molecule has 1 amide bonds. The monoisotopic (exact) mass is 317 g/mol. The standard InChI is InChI=1S/C16H19N3O2S/c1-4-15(20)17-16-12-8-22(21)9-13(12)18-19(16)14-6-5-10(2)7-11(14)3/h5-7H,4,8-9H2,1-3H3,(H,17,20)/t22-/m0/s1. The van der Waals surface area contributed by atoms with Gasteiger partial charge in [0, 0.05) is 22.8 Å². The Morgan fingerprint density at radius 1 is 1.36 bits per heavy atom. The van der Waals surface area contributed by atoms with E-state index in [-0.39, 0.29) is 5.91 Å². The highest BCUT2D eigenvalue weighted by Gasteiger charge is 2.28. The third kappa shape index (κ3) is 2.59. The van der Waals surface area contributed by atoms with E-state index >= 15 is 0 Å². The Labute approximate surface area is 132 Å². The number of rotatable bonds is 3. The lowest BCUT2D eigenvalue weighted by Crippen LogP contribution is -2.15. The van der Waals surface area contributed by atoms with Crippen molar-refractivity contribution in [2.45, 2.75) is 38.7 Å². The summed E-state index contributed by atoms with van der Waals surface area (Å²) in [5, 5.41) is 7.53. The molecule has 1 atom stereocenters. The lowest BCUT2D eigenvalue weighted by molar-refractivity contribution is -0.115. The van der Waals surface area contributed by atoms with Crippen molar-refractivity contribution in [3.63, 3.8) is 0 Å². The smallest absolute Gasteiger partial charge is 0.225 e. The van der Waals surface area contributed by atoms with Gasteiger partial charge < -0.3 is 5.32 Å². The fraction of sp³-hybridized carbons (Fsp3) is 0.375. The maximum atomic E-state index is 11.9. The Morgan fingerprint density at radius 3 is 2.82 bits per heavy atom. The zero-order valence-electron chi connectivity index (χ0n) is 13.0. The van der Waals surface area contributed by atoms with Gasteiger partial charge in [0.05, 0.1) is 22.9 Å². The molecule has 2 aromatic rings. The van der Waals surface area contributed by atoms with E-state index in [1.54, 1.807) is 4.68 Å². The predicted molar refractivity (Wildman–Crippen MR) is 87.5 cm³/mol. The first kappa shape index (κ1) is 15.0. The Hall–Kier alpha value is -1.95. The molecule has 1 aromatic carbocycles. The van der Waals surface area contributed by atoms with E-state index in [0.29, 0.717) is 23.7 Å². The van der Waals surface area contributed by atoms with Crippen molar-refractivity contribution in [3.8, 4) is 5.69 Å². The highest BCUT2D eigenvalue weighted by molar-refractivity contribution is 7.83. The molecule has 116 valence electrons. The third-order valence-corrected chi connectivity index (χ3v) is 5.04. The molecule has 1 N–H and O–H groups in total. The lowest BCUT2D eigenvalue weighted by Gasteiger charge is -2.13. The second-order valence-corrected chi connectivity index (χ2v) is 7.06. The molecule has 1 aliphatic heterocycles. The van der Waals surface area contributed by atoms with Crippen LogP contribution in [0.1, 0.15) is 35.7 Å². The summed E-state index contributed by atoms with van der Waals surface area (Å²) in [5.41, 5.74) is 4.94. The van der Waals surface area contributed by atoms with Crippen LogP contribution in [-0.2, 0) is 27.1 Å². The number of hydrogen-bond acceptors (Lipinski definition) is 3. The second-order valence-electron chi connectivity index (χ2n) is 5.61. The predicted octanol–water partition coefficient (Wildman–Crippen LogP) is 2.60. The number of anilines is 1. The molecule has 3 rings (SSSR count). The Morgan fingerprint density at radius 2 is 2.14 bits per heavy atom. The van der Waals surface area contributed by atoms with Crippen molar-refractivity contribution < 1.29 is 9.00 Å². The molecule has 5 nitrogen and oxygen atoms in total. The van der Waals surface area contributed by atoms with Crippen LogP contribution in [-0.4, -0.2) is 19.9 Å². The highest BCUT2D eigenvalue weighted by atomic mass is 32.2. The number of benzene rings is 1. The number of carbonyl (C=O) groups is 1. The van der Waals surface area contributed by atoms with Gasteiger partial charge in [-0.25, -0.2) is 4.68 Å². The molecule has 0 spiro atoms. The van der Waals surface area contributed by atoms with E-state index in [1.165, 1.54) is 5.56 Å². The van der Waals surface area contributed by atoms with E-state index < -0.39 is 10.8 Å². The summed E-state index contributed by atoms with van der Waals surface area (Å²) in [5.74, 6) is 1.52. The van der Waals surface area contributed by atoms with Gasteiger partial charge in [-0.15, -0.1) is 0 Å². The third-order valence-electron chi connectivity index (χ3n) is 3.83. The van der Waals surface area contributed by atoms with Crippen molar-refractivity contribution in [2.75, 3.05) is 5.32 Å². The summed E-state index contributed by atoms with van der Waals surface area (Å²) >= 11 is 0. The number of amides is 1. The number of fused-ring (bicyclic) bond motifs is 1. The lowest BCUT2D eigenvalue weighted by atomic mass is 10.1. The first-order chi connectivity index (χ1) is 10.5. The molecule has 1 aromatic heterocycles. The number of hydrogen-bond donors (Lipinski definition) is 1. The molecule has 1 aliphatic rings. The number of nitrogens with one attached hydrogen (secondary N) is 1. The van der Waals surface area contributed by atoms with Crippen molar-refractivity contribution in [3.05, 3.63) is 40.6 Å².